The third-order valence-corrected chi connectivity index (χ3v) is 10.0. The Morgan fingerprint density at radius 3 is 2.21 bits per heavy atom. The highest BCUT2D eigenvalue weighted by atomic mass is 35.5. The standard InChI is InChI=1S/C33H40ClN3O4S/c1-4-31(33(39)35-28-11-7-5-8-12-28)36(22-26-16-18-27(34)19-17-26)32(38)23-37(29-20-15-24(2)25(3)21-29)42(40,41)30-13-9-6-10-14-30/h6,9-10,13-21,28,31H,4-5,7-8,11-12,22-23H2,1-3H3,(H,35,39)/t31-/m1/s1. The van der Waals surface area contributed by atoms with E-state index in [0.29, 0.717) is 17.1 Å². The second-order valence-electron chi connectivity index (χ2n) is 11.0. The molecule has 0 aliphatic heterocycles. The van der Waals surface area contributed by atoms with Gasteiger partial charge in [0.25, 0.3) is 10.0 Å². The Hall–Kier alpha value is -3.36. The molecule has 1 aliphatic carbocycles. The van der Waals surface area contributed by atoms with E-state index in [2.05, 4.69) is 5.32 Å². The molecule has 0 spiro atoms. The molecule has 3 aromatic carbocycles. The van der Waals surface area contributed by atoms with Gasteiger partial charge in [0.1, 0.15) is 12.6 Å². The largest absolute Gasteiger partial charge is 0.352 e. The lowest BCUT2D eigenvalue weighted by Crippen LogP contribution is -2.54. The van der Waals surface area contributed by atoms with E-state index in [0.717, 1.165) is 53.1 Å². The van der Waals surface area contributed by atoms with Gasteiger partial charge in [-0.1, -0.05) is 74.2 Å². The van der Waals surface area contributed by atoms with Crippen molar-refractivity contribution in [1.29, 1.82) is 0 Å². The molecule has 3 aromatic rings. The lowest BCUT2D eigenvalue weighted by atomic mass is 9.95. The van der Waals surface area contributed by atoms with Gasteiger partial charge in [-0.15, -0.1) is 0 Å². The van der Waals surface area contributed by atoms with Gasteiger partial charge in [0.2, 0.25) is 11.8 Å². The fourth-order valence-corrected chi connectivity index (χ4v) is 6.93. The minimum atomic E-state index is -4.10. The molecule has 1 fully saturated rings. The van der Waals surface area contributed by atoms with Crippen LogP contribution in [0.15, 0.2) is 77.7 Å². The molecule has 7 nitrogen and oxygen atoms in total. The molecule has 42 heavy (non-hydrogen) atoms. The highest BCUT2D eigenvalue weighted by Crippen LogP contribution is 2.27. The van der Waals surface area contributed by atoms with Crippen LogP contribution in [-0.2, 0) is 26.2 Å². The van der Waals surface area contributed by atoms with E-state index in [9.17, 15) is 18.0 Å². The Morgan fingerprint density at radius 2 is 1.60 bits per heavy atom. The van der Waals surface area contributed by atoms with Gasteiger partial charge in [0.05, 0.1) is 10.6 Å². The third kappa shape index (κ3) is 7.72. The number of carbonyl (C=O) groups is 2. The topological polar surface area (TPSA) is 86.8 Å². The van der Waals surface area contributed by atoms with E-state index >= 15 is 0 Å². The zero-order chi connectivity index (χ0) is 30.3. The van der Waals surface area contributed by atoms with E-state index in [1.807, 2.05) is 39.0 Å². The monoisotopic (exact) mass is 609 g/mol. The molecule has 0 unspecified atom stereocenters. The highest BCUT2D eigenvalue weighted by Gasteiger charge is 2.34. The van der Waals surface area contributed by atoms with Gasteiger partial charge in [0, 0.05) is 17.6 Å². The zero-order valence-electron chi connectivity index (χ0n) is 24.6. The number of rotatable bonds is 11. The summed E-state index contributed by atoms with van der Waals surface area (Å²) in [7, 11) is -4.10. The molecule has 0 aromatic heterocycles. The van der Waals surface area contributed by atoms with Gasteiger partial charge in [-0.25, -0.2) is 8.42 Å². The maximum Gasteiger partial charge on any atom is 0.264 e. The SMILES string of the molecule is CC[C@H](C(=O)NC1CCCCC1)N(Cc1ccc(Cl)cc1)C(=O)CN(c1ccc(C)c(C)c1)S(=O)(=O)c1ccccc1. The van der Waals surface area contributed by atoms with Crippen LogP contribution in [0.3, 0.4) is 0 Å². The van der Waals surface area contributed by atoms with Crippen LogP contribution in [0.2, 0.25) is 5.02 Å². The summed E-state index contributed by atoms with van der Waals surface area (Å²) in [6, 6.07) is 19.9. The summed E-state index contributed by atoms with van der Waals surface area (Å²) in [6.07, 6.45) is 5.52. The van der Waals surface area contributed by atoms with Crippen molar-refractivity contribution >= 4 is 39.1 Å². The summed E-state index contributed by atoms with van der Waals surface area (Å²) in [5, 5.41) is 3.73. The van der Waals surface area contributed by atoms with Gasteiger partial charge in [-0.2, -0.15) is 0 Å². The lowest BCUT2D eigenvalue weighted by Gasteiger charge is -2.34. The van der Waals surface area contributed by atoms with Crippen molar-refractivity contribution in [2.75, 3.05) is 10.8 Å². The molecule has 0 heterocycles. The summed E-state index contributed by atoms with van der Waals surface area (Å²) in [5.41, 5.74) is 3.10. The Balaban J connectivity index is 1.71. The van der Waals surface area contributed by atoms with E-state index in [4.69, 9.17) is 11.6 Å². The Bertz CT molecular complexity index is 1470. The van der Waals surface area contributed by atoms with Crippen molar-refractivity contribution in [3.8, 4) is 0 Å². The normalized spacial score (nSPS) is 14.7. The number of benzene rings is 3. The van der Waals surface area contributed by atoms with Crippen LogP contribution in [0.4, 0.5) is 5.69 Å². The van der Waals surface area contributed by atoms with Crippen LogP contribution in [0.1, 0.15) is 62.1 Å². The molecule has 1 aliphatic rings. The first-order valence-electron chi connectivity index (χ1n) is 14.6. The van der Waals surface area contributed by atoms with E-state index < -0.39 is 28.5 Å². The molecule has 0 saturated heterocycles. The van der Waals surface area contributed by atoms with Crippen molar-refractivity contribution in [1.82, 2.24) is 10.2 Å². The van der Waals surface area contributed by atoms with Crippen LogP contribution in [0.25, 0.3) is 0 Å². The summed E-state index contributed by atoms with van der Waals surface area (Å²) in [4.78, 5) is 29.5. The van der Waals surface area contributed by atoms with Gasteiger partial charge < -0.3 is 10.2 Å². The number of nitrogens with one attached hydrogen (secondary N) is 1. The van der Waals surface area contributed by atoms with Crippen LogP contribution >= 0.6 is 11.6 Å². The Labute approximate surface area is 254 Å². The Morgan fingerprint density at radius 1 is 0.929 bits per heavy atom. The quantitative estimate of drug-likeness (QED) is 0.272. The number of anilines is 1. The summed E-state index contributed by atoms with van der Waals surface area (Å²) in [6.45, 7) is 5.41. The number of aryl methyl sites for hydroxylation is 2. The van der Waals surface area contributed by atoms with Gasteiger partial charge in [-0.05, 0) is 86.2 Å². The molecule has 1 saturated carbocycles. The zero-order valence-corrected chi connectivity index (χ0v) is 26.1. The van der Waals surface area contributed by atoms with E-state index in [1.54, 1.807) is 42.5 Å². The number of hydrogen-bond acceptors (Lipinski definition) is 4. The molecule has 1 N–H and O–H groups in total. The smallest absolute Gasteiger partial charge is 0.264 e. The average molecular weight is 610 g/mol. The molecule has 1 atom stereocenters. The van der Waals surface area contributed by atoms with Gasteiger partial charge in [0.15, 0.2) is 0 Å². The molecule has 2 amide bonds. The predicted octanol–water partition coefficient (Wildman–Crippen LogP) is 6.41. The summed E-state index contributed by atoms with van der Waals surface area (Å²) < 4.78 is 29.1. The maximum absolute atomic E-state index is 14.2. The summed E-state index contributed by atoms with van der Waals surface area (Å²) >= 11 is 6.11. The predicted molar refractivity (Wildman–Crippen MR) is 168 cm³/mol. The number of halogens is 1. The molecular weight excluding hydrogens is 570 g/mol. The van der Waals surface area contributed by atoms with Crippen LogP contribution in [0, 0.1) is 13.8 Å². The van der Waals surface area contributed by atoms with Crippen molar-refractivity contribution in [2.24, 2.45) is 0 Å². The summed E-state index contributed by atoms with van der Waals surface area (Å²) in [5.74, 6) is -0.677. The highest BCUT2D eigenvalue weighted by molar-refractivity contribution is 7.92. The van der Waals surface area contributed by atoms with Crippen molar-refractivity contribution in [2.45, 2.75) is 82.8 Å². The number of nitrogens with zero attached hydrogens (tertiary/aromatic N) is 2. The first-order chi connectivity index (χ1) is 20.1. The van der Waals surface area contributed by atoms with Crippen molar-refractivity contribution in [3.63, 3.8) is 0 Å². The molecule has 0 bridgehead atoms. The van der Waals surface area contributed by atoms with Crippen molar-refractivity contribution in [3.05, 3.63) is 94.5 Å². The first-order valence-corrected chi connectivity index (χ1v) is 16.4. The fraction of sp³-hybridized carbons (Fsp3) is 0.394. The first kappa shape index (κ1) is 31.6. The minimum Gasteiger partial charge on any atom is -0.352 e. The molecule has 4 rings (SSSR count). The number of carbonyl (C=O) groups excluding carboxylic acids is 2. The van der Waals surface area contributed by atoms with Gasteiger partial charge >= 0.3 is 0 Å². The molecule has 9 heteroatoms. The Kier molecular flexibility index (Phi) is 10.7. The van der Waals surface area contributed by atoms with Gasteiger partial charge in [-0.3, -0.25) is 13.9 Å². The molecular formula is C33H40ClN3O4S. The van der Waals surface area contributed by atoms with E-state index in [1.165, 1.54) is 17.0 Å². The third-order valence-electron chi connectivity index (χ3n) is 7.99. The number of sulfonamides is 1. The maximum atomic E-state index is 14.2. The fourth-order valence-electron chi connectivity index (χ4n) is 5.38. The minimum absolute atomic E-state index is 0.0817. The number of amides is 2. The molecule has 224 valence electrons. The lowest BCUT2D eigenvalue weighted by molar-refractivity contribution is -0.140. The second kappa shape index (κ2) is 14.2. The average Bonchev–Trinajstić information content (AvgIpc) is 2.99. The van der Waals surface area contributed by atoms with Crippen LogP contribution < -0.4 is 9.62 Å². The van der Waals surface area contributed by atoms with Crippen LogP contribution in [0.5, 0.6) is 0 Å². The van der Waals surface area contributed by atoms with E-state index in [-0.39, 0.29) is 23.4 Å². The van der Waals surface area contributed by atoms with Crippen molar-refractivity contribution < 1.29 is 18.0 Å². The van der Waals surface area contributed by atoms with Crippen LogP contribution in [-0.4, -0.2) is 43.8 Å². The number of hydrogen-bond donors (Lipinski definition) is 1. The molecule has 0 radical (unpaired) electrons. The second-order valence-corrected chi connectivity index (χ2v) is 13.3.